The Morgan fingerprint density at radius 2 is 1.81 bits per heavy atom. The van der Waals surface area contributed by atoms with Crippen molar-refractivity contribution in [1.29, 1.82) is 0 Å². The highest BCUT2D eigenvalue weighted by molar-refractivity contribution is 6.30. The summed E-state index contributed by atoms with van der Waals surface area (Å²) in [5.41, 5.74) is 8.68. The number of carbonyl (C=O) groups is 1. The van der Waals surface area contributed by atoms with E-state index in [4.69, 9.17) is 22.4 Å². The zero-order valence-corrected chi connectivity index (χ0v) is 19.0. The van der Waals surface area contributed by atoms with Crippen molar-refractivity contribution in [3.05, 3.63) is 87.2 Å². The van der Waals surface area contributed by atoms with Gasteiger partial charge in [-0.15, -0.1) is 12.4 Å². The first-order valence-electron chi connectivity index (χ1n) is 10.3. The number of hydrogen-bond acceptors (Lipinski definition) is 4. The molecular weight excluding hydrogens is 449 g/mol. The van der Waals surface area contributed by atoms with E-state index in [0.29, 0.717) is 17.3 Å². The summed E-state index contributed by atoms with van der Waals surface area (Å²) in [4.78, 5) is 23.6. The molecule has 0 unspecified atom stereocenters. The summed E-state index contributed by atoms with van der Waals surface area (Å²) in [5.74, 6) is -0.977. The molecule has 6 nitrogen and oxygen atoms in total. The second-order valence-electron chi connectivity index (χ2n) is 8.11. The molecule has 0 aliphatic heterocycles. The van der Waals surface area contributed by atoms with Crippen molar-refractivity contribution in [1.82, 2.24) is 9.78 Å². The molecule has 1 saturated carbocycles. The Balaban J connectivity index is 0.00000289. The van der Waals surface area contributed by atoms with E-state index in [2.05, 4.69) is 11.2 Å². The number of rotatable bonds is 5. The summed E-state index contributed by atoms with van der Waals surface area (Å²) in [6.45, 7) is 0.526. The van der Waals surface area contributed by atoms with E-state index in [0.717, 1.165) is 36.8 Å². The standard InChI is InChI=1S/C24H24ClN3O3.ClH/c25-19-3-1-2-18(14-19)24(15-26)12-10-20(11-13-24)28-22(29)9-8-21(27-28)16-4-6-17(7-5-16)23(30)31;/h1-9,14,20H,10-13,15,26H2,(H,30,31);1H/t20-,24+;. The first kappa shape index (κ1) is 24.0. The Labute approximate surface area is 197 Å². The lowest BCUT2D eigenvalue weighted by Crippen LogP contribution is -2.41. The summed E-state index contributed by atoms with van der Waals surface area (Å²) in [6.07, 6.45) is 3.27. The third kappa shape index (κ3) is 4.72. The molecule has 1 heterocycles. The predicted octanol–water partition coefficient (Wildman–Crippen LogP) is 4.70. The lowest BCUT2D eigenvalue weighted by atomic mass is 9.68. The quantitative estimate of drug-likeness (QED) is 0.559. The molecule has 0 spiro atoms. The van der Waals surface area contributed by atoms with Crippen LogP contribution < -0.4 is 11.3 Å². The molecule has 0 saturated heterocycles. The number of aromatic nitrogens is 2. The van der Waals surface area contributed by atoms with Crippen LogP contribution >= 0.6 is 24.0 Å². The summed E-state index contributed by atoms with van der Waals surface area (Å²) in [7, 11) is 0. The van der Waals surface area contributed by atoms with Gasteiger partial charge in [0.1, 0.15) is 0 Å². The van der Waals surface area contributed by atoms with Crippen LogP contribution in [0.5, 0.6) is 0 Å². The van der Waals surface area contributed by atoms with Crippen LogP contribution in [-0.4, -0.2) is 27.4 Å². The molecule has 4 rings (SSSR count). The molecule has 32 heavy (non-hydrogen) atoms. The third-order valence-corrected chi connectivity index (χ3v) is 6.57. The summed E-state index contributed by atoms with van der Waals surface area (Å²) in [5, 5.41) is 14.4. The Morgan fingerprint density at radius 3 is 2.41 bits per heavy atom. The van der Waals surface area contributed by atoms with Crippen LogP contribution in [-0.2, 0) is 5.41 Å². The van der Waals surface area contributed by atoms with E-state index >= 15 is 0 Å². The molecule has 8 heteroatoms. The highest BCUT2D eigenvalue weighted by atomic mass is 35.5. The molecule has 168 valence electrons. The van der Waals surface area contributed by atoms with Crippen molar-refractivity contribution in [2.45, 2.75) is 37.1 Å². The van der Waals surface area contributed by atoms with Crippen LogP contribution in [0.3, 0.4) is 0 Å². The van der Waals surface area contributed by atoms with Crippen molar-refractivity contribution in [3.63, 3.8) is 0 Å². The largest absolute Gasteiger partial charge is 0.478 e. The monoisotopic (exact) mass is 473 g/mol. The maximum atomic E-state index is 12.6. The molecule has 0 atom stereocenters. The summed E-state index contributed by atoms with van der Waals surface area (Å²) < 4.78 is 1.57. The predicted molar refractivity (Wildman–Crippen MR) is 128 cm³/mol. The highest BCUT2D eigenvalue weighted by Gasteiger charge is 2.37. The molecule has 1 aliphatic rings. The minimum absolute atomic E-state index is 0. The molecular formula is C24H25Cl2N3O3. The van der Waals surface area contributed by atoms with Crippen molar-refractivity contribution < 1.29 is 9.90 Å². The molecule has 0 radical (unpaired) electrons. The summed E-state index contributed by atoms with van der Waals surface area (Å²) >= 11 is 6.20. The molecule has 3 aromatic rings. The molecule has 0 amide bonds. The molecule has 1 aromatic heterocycles. The average molecular weight is 474 g/mol. The Kier molecular flexibility index (Phi) is 7.39. The minimum Gasteiger partial charge on any atom is -0.478 e. The van der Waals surface area contributed by atoms with Crippen molar-refractivity contribution >= 4 is 30.0 Å². The number of carboxylic acid groups (broad SMARTS) is 1. The number of halogens is 2. The van der Waals surface area contributed by atoms with Gasteiger partial charge in [-0.2, -0.15) is 5.10 Å². The van der Waals surface area contributed by atoms with Gasteiger partial charge in [-0.25, -0.2) is 9.48 Å². The molecule has 3 N–H and O–H groups in total. The molecule has 2 aromatic carbocycles. The normalized spacial score (nSPS) is 20.4. The third-order valence-electron chi connectivity index (χ3n) is 6.34. The summed E-state index contributed by atoms with van der Waals surface area (Å²) in [6, 6.07) is 17.6. The van der Waals surface area contributed by atoms with E-state index in [1.54, 1.807) is 22.9 Å². The lowest BCUT2D eigenvalue weighted by Gasteiger charge is -2.40. The van der Waals surface area contributed by atoms with Crippen molar-refractivity contribution in [3.8, 4) is 11.3 Å². The Hall–Kier alpha value is -2.67. The van der Waals surface area contributed by atoms with Crippen LogP contribution in [0, 0.1) is 0 Å². The number of aromatic carboxylic acids is 1. The number of carboxylic acids is 1. The number of benzene rings is 2. The van der Waals surface area contributed by atoms with E-state index < -0.39 is 5.97 Å². The first-order chi connectivity index (χ1) is 14.9. The van der Waals surface area contributed by atoms with Gasteiger partial charge in [0.05, 0.1) is 17.3 Å². The van der Waals surface area contributed by atoms with Gasteiger partial charge in [-0.1, -0.05) is 35.9 Å². The van der Waals surface area contributed by atoms with Gasteiger partial charge in [0, 0.05) is 28.6 Å². The molecule has 1 aliphatic carbocycles. The van der Waals surface area contributed by atoms with Crippen LogP contribution in [0.2, 0.25) is 5.02 Å². The lowest BCUT2D eigenvalue weighted by molar-refractivity contribution is 0.0697. The van der Waals surface area contributed by atoms with Gasteiger partial charge >= 0.3 is 5.97 Å². The highest BCUT2D eigenvalue weighted by Crippen LogP contribution is 2.42. The number of hydrogen-bond donors (Lipinski definition) is 2. The molecule has 0 bridgehead atoms. The van der Waals surface area contributed by atoms with Crippen LogP contribution in [0.15, 0.2) is 65.5 Å². The van der Waals surface area contributed by atoms with Gasteiger partial charge < -0.3 is 10.8 Å². The van der Waals surface area contributed by atoms with Crippen LogP contribution in [0.4, 0.5) is 0 Å². The first-order valence-corrected chi connectivity index (χ1v) is 10.7. The van der Waals surface area contributed by atoms with Crippen molar-refractivity contribution in [2.24, 2.45) is 5.73 Å². The van der Waals surface area contributed by atoms with Gasteiger partial charge in [0.2, 0.25) is 0 Å². The van der Waals surface area contributed by atoms with E-state index in [1.165, 1.54) is 18.2 Å². The second kappa shape index (κ2) is 9.86. The fraction of sp³-hybridized carbons (Fsp3) is 0.292. The fourth-order valence-corrected chi connectivity index (χ4v) is 4.64. The van der Waals surface area contributed by atoms with Crippen LogP contribution in [0.1, 0.15) is 47.6 Å². The zero-order chi connectivity index (χ0) is 22.0. The average Bonchev–Trinajstić information content (AvgIpc) is 2.79. The molecule has 1 fully saturated rings. The van der Waals surface area contributed by atoms with Crippen LogP contribution in [0.25, 0.3) is 11.3 Å². The number of nitrogens with zero attached hydrogens (tertiary/aromatic N) is 2. The minimum atomic E-state index is -0.977. The van der Waals surface area contributed by atoms with E-state index in [9.17, 15) is 9.59 Å². The SMILES string of the molecule is Cl.NC[C@]1(c2cccc(Cl)c2)CC[C@@H](n2nc(-c3ccc(C(=O)O)cc3)ccc2=O)CC1. The van der Waals surface area contributed by atoms with Gasteiger partial charge in [0.15, 0.2) is 0 Å². The van der Waals surface area contributed by atoms with E-state index in [-0.39, 0.29) is 35.0 Å². The van der Waals surface area contributed by atoms with Gasteiger partial charge in [0.25, 0.3) is 5.56 Å². The smallest absolute Gasteiger partial charge is 0.335 e. The number of nitrogens with two attached hydrogens (primary N) is 1. The van der Waals surface area contributed by atoms with Gasteiger partial charge in [-0.3, -0.25) is 4.79 Å². The zero-order valence-electron chi connectivity index (χ0n) is 17.4. The second-order valence-corrected chi connectivity index (χ2v) is 8.55. The van der Waals surface area contributed by atoms with E-state index in [1.807, 2.05) is 18.2 Å². The van der Waals surface area contributed by atoms with Crippen molar-refractivity contribution in [2.75, 3.05) is 6.54 Å². The van der Waals surface area contributed by atoms with Gasteiger partial charge in [-0.05, 0) is 61.6 Å². The Bertz CT molecular complexity index is 1150. The Morgan fingerprint density at radius 1 is 1.12 bits per heavy atom. The topological polar surface area (TPSA) is 98.2 Å². The maximum absolute atomic E-state index is 12.6. The maximum Gasteiger partial charge on any atom is 0.335 e. The fourth-order valence-electron chi connectivity index (χ4n) is 4.45.